The number of aliphatic hydroxyl groups is 1. The first kappa shape index (κ1) is 14.8. The van der Waals surface area contributed by atoms with E-state index < -0.39 is 6.10 Å². The molecule has 0 aromatic rings. The van der Waals surface area contributed by atoms with Gasteiger partial charge in [-0.1, -0.05) is 25.2 Å². The summed E-state index contributed by atoms with van der Waals surface area (Å²) >= 11 is 0. The number of hydrogen-bond acceptors (Lipinski definition) is 3. The van der Waals surface area contributed by atoms with E-state index in [0.717, 1.165) is 12.8 Å². The molecule has 0 unspecified atom stereocenters. The molecular formula is C18H26O3. The Labute approximate surface area is 127 Å². The van der Waals surface area contributed by atoms with E-state index in [1.807, 2.05) is 0 Å². The predicted octanol–water partition coefficient (Wildman–Crippen LogP) is 3.38. The molecule has 5 atom stereocenters. The summed E-state index contributed by atoms with van der Waals surface area (Å²) in [6.45, 7) is 2.30. The van der Waals surface area contributed by atoms with Crippen LogP contribution in [0.1, 0.15) is 51.9 Å². The fourth-order valence-electron chi connectivity index (χ4n) is 4.23. The van der Waals surface area contributed by atoms with E-state index >= 15 is 0 Å². The zero-order chi connectivity index (χ0) is 14.8. The Bertz CT molecular complexity index is 451. The maximum Gasteiger partial charge on any atom is 0.308 e. The number of carbonyl (C=O) groups excluding carboxylic acids is 1. The molecule has 1 N–H and O–H groups in total. The number of ether oxygens (including phenoxy) is 1. The van der Waals surface area contributed by atoms with Gasteiger partial charge in [0.05, 0.1) is 12.5 Å². The van der Waals surface area contributed by atoms with Crippen LogP contribution in [0.4, 0.5) is 0 Å². The van der Waals surface area contributed by atoms with E-state index in [1.54, 1.807) is 0 Å². The Morgan fingerprint density at radius 2 is 2.24 bits per heavy atom. The Morgan fingerprint density at radius 1 is 1.38 bits per heavy atom. The summed E-state index contributed by atoms with van der Waals surface area (Å²) in [6, 6.07) is 0. The summed E-state index contributed by atoms with van der Waals surface area (Å²) in [5, 5.41) is 9.71. The standard InChI is InChI=1S/C18H26O3/c1-12-6-7-13-4-2-3-5-17(13)16(12)9-8-15-10-14(19)11-18(20)21-15/h4,6-7,12,14-17,19H,2-3,5,8-11H2,1H3/t12-,14+,15+,16-,17-/m0/s1. The van der Waals surface area contributed by atoms with E-state index in [2.05, 4.69) is 25.2 Å². The van der Waals surface area contributed by atoms with Gasteiger partial charge >= 0.3 is 5.97 Å². The Morgan fingerprint density at radius 3 is 3.05 bits per heavy atom. The van der Waals surface area contributed by atoms with Crippen LogP contribution in [-0.2, 0) is 9.53 Å². The molecule has 3 heteroatoms. The van der Waals surface area contributed by atoms with Gasteiger partial charge in [-0.05, 0) is 55.4 Å². The molecule has 3 aliphatic rings. The summed E-state index contributed by atoms with van der Waals surface area (Å²) in [4.78, 5) is 11.4. The second-order valence-electron chi connectivity index (χ2n) is 6.91. The first-order valence-electron chi connectivity index (χ1n) is 8.39. The lowest BCUT2D eigenvalue weighted by atomic mass is 9.68. The fraction of sp³-hybridized carbons (Fsp3) is 0.722. The minimum absolute atomic E-state index is 0.0876. The minimum atomic E-state index is -0.509. The van der Waals surface area contributed by atoms with Gasteiger partial charge in [-0.2, -0.15) is 0 Å². The number of fused-ring (bicyclic) bond motifs is 1. The molecule has 21 heavy (non-hydrogen) atoms. The summed E-state index contributed by atoms with van der Waals surface area (Å²) in [7, 11) is 0. The highest BCUT2D eigenvalue weighted by Gasteiger charge is 2.33. The predicted molar refractivity (Wildman–Crippen MR) is 81.6 cm³/mol. The van der Waals surface area contributed by atoms with E-state index in [-0.39, 0.29) is 18.5 Å². The lowest BCUT2D eigenvalue weighted by molar-refractivity contribution is -0.160. The highest BCUT2D eigenvalue weighted by atomic mass is 16.5. The minimum Gasteiger partial charge on any atom is -0.462 e. The highest BCUT2D eigenvalue weighted by molar-refractivity contribution is 5.70. The van der Waals surface area contributed by atoms with E-state index in [4.69, 9.17) is 4.74 Å². The van der Waals surface area contributed by atoms with Crippen molar-refractivity contribution in [1.29, 1.82) is 0 Å². The van der Waals surface area contributed by atoms with Gasteiger partial charge < -0.3 is 9.84 Å². The van der Waals surface area contributed by atoms with Crippen molar-refractivity contribution < 1.29 is 14.6 Å². The van der Waals surface area contributed by atoms with E-state index in [9.17, 15) is 9.90 Å². The summed E-state index contributed by atoms with van der Waals surface area (Å²) in [6.07, 6.45) is 13.0. The molecule has 0 spiro atoms. The molecule has 0 radical (unpaired) electrons. The van der Waals surface area contributed by atoms with Crippen LogP contribution >= 0.6 is 0 Å². The lowest BCUT2D eigenvalue weighted by Crippen LogP contribution is -2.34. The van der Waals surface area contributed by atoms with Crippen molar-refractivity contribution in [2.75, 3.05) is 0 Å². The smallest absolute Gasteiger partial charge is 0.308 e. The molecule has 0 aromatic heterocycles. The van der Waals surface area contributed by atoms with Crippen molar-refractivity contribution in [2.45, 2.75) is 64.1 Å². The zero-order valence-corrected chi connectivity index (χ0v) is 12.8. The SMILES string of the molecule is C[C@H]1C=CC2=CCCC[C@@H]2[C@H]1CC[C@@H]1C[C@@H](O)CC(=O)O1. The molecule has 0 saturated carbocycles. The van der Waals surface area contributed by atoms with Crippen LogP contribution in [0.3, 0.4) is 0 Å². The average molecular weight is 290 g/mol. The maximum absolute atomic E-state index is 11.4. The van der Waals surface area contributed by atoms with Gasteiger partial charge in [0, 0.05) is 6.42 Å². The number of rotatable bonds is 3. The van der Waals surface area contributed by atoms with Crippen LogP contribution in [-0.4, -0.2) is 23.3 Å². The van der Waals surface area contributed by atoms with E-state index in [1.165, 1.54) is 24.8 Å². The molecule has 1 aliphatic heterocycles. The number of esters is 1. The van der Waals surface area contributed by atoms with Crippen LogP contribution in [0.5, 0.6) is 0 Å². The number of carbonyl (C=O) groups is 1. The molecule has 0 aromatic carbocycles. The molecule has 3 rings (SSSR count). The van der Waals surface area contributed by atoms with Crippen LogP contribution in [0, 0.1) is 17.8 Å². The number of aliphatic hydroxyl groups excluding tert-OH is 1. The lowest BCUT2D eigenvalue weighted by Gasteiger charge is -2.38. The van der Waals surface area contributed by atoms with E-state index in [0.29, 0.717) is 24.2 Å². The monoisotopic (exact) mass is 290 g/mol. The second kappa shape index (κ2) is 6.35. The number of hydrogen-bond donors (Lipinski definition) is 1. The van der Waals surface area contributed by atoms with Crippen molar-refractivity contribution in [3.05, 3.63) is 23.8 Å². The maximum atomic E-state index is 11.4. The van der Waals surface area contributed by atoms with Crippen LogP contribution in [0.15, 0.2) is 23.8 Å². The van der Waals surface area contributed by atoms with Crippen LogP contribution in [0.2, 0.25) is 0 Å². The summed E-state index contributed by atoms with van der Waals surface area (Å²) in [5.74, 6) is 1.69. The van der Waals surface area contributed by atoms with Gasteiger partial charge in [0.15, 0.2) is 0 Å². The van der Waals surface area contributed by atoms with Gasteiger partial charge in [0.25, 0.3) is 0 Å². The summed E-state index contributed by atoms with van der Waals surface area (Å²) in [5.41, 5.74) is 1.52. The molecule has 0 bridgehead atoms. The van der Waals surface area contributed by atoms with Crippen molar-refractivity contribution in [2.24, 2.45) is 17.8 Å². The Hall–Kier alpha value is -1.09. The van der Waals surface area contributed by atoms with Crippen molar-refractivity contribution in [3.63, 3.8) is 0 Å². The Kier molecular flexibility index (Phi) is 4.48. The molecule has 1 fully saturated rings. The third-order valence-corrected chi connectivity index (χ3v) is 5.37. The number of cyclic esters (lactones) is 1. The fourth-order valence-corrected chi connectivity index (χ4v) is 4.23. The van der Waals surface area contributed by atoms with Gasteiger partial charge in [-0.3, -0.25) is 4.79 Å². The topological polar surface area (TPSA) is 46.5 Å². The molecule has 3 nitrogen and oxygen atoms in total. The molecular weight excluding hydrogens is 264 g/mol. The molecule has 116 valence electrons. The largest absolute Gasteiger partial charge is 0.462 e. The normalized spacial score (nSPS) is 39.4. The van der Waals surface area contributed by atoms with Crippen LogP contribution in [0.25, 0.3) is 0 Å². The molecule has 1 saturated heterocycles. The third-order valence-electron chi connectivity index (χ3n) is 5.37. The molecule has 2 aliphatic carbocycles. The molecule has 0 amide bonds. The first-order chi connectivity index (χ1) is 10.1. The number of allylic oxidation sites excluding steroid dienone is 4. The first-order valence-corrected chi connectivity index (χ1v) is 8.39. The second-order valence-corrected chi connectivity index (χ2v) is 6.91. The van der Waals surface area contributed by atoms with Gasteiger partial charge in [-0.25, -0.2) is 0 Å². The van der Waals surface area contributed by atoms with Crippen LogP contribution < -0.4 is 0 Å². The summed E-state index contributed by atoms with van der Waals surface area (Å²) < 4.78 is 5.39. The third kappa shape index (κ3) is 3.39. The van der Waals surface area contributed by atoms with Crippen molar-refractivity contribution >= 4 is 5.97 Å². The zero-order valence-electron chi connectivity index (χ0n) is 12.8. The van der Waals surface area contributed by atoms with Gasteiger partial charge in [0.2, 0.25) is 0 Å². The van der Waals surface area contributed by atoms with Crippen molar-refractivity contribution in [1.82, 2.24) is 0 Å². The average Bonchev–Trinajstić information content (AvgIpc) is 2.45. The highest BCUT2D eigenvalue weighted by Crippen LogP contribution is 2.42. The van der Waals surface area contributed by atoms with Crippen molar-refractivity contribution in [3.8, 4) is 0 Å². The quantitative estimate of drug-likeness (QED) is 0.811. The molecule has 1 heterocycles. The van der Waals surface area contributed by atoms with Gasteiger partial charge in [-0.15, -0.1) is 0 Å². The van der Waals surface area contributed by atoms with Gasteiger partial charge in [0.1, 0.15) is 6.10 Å². The Balaban J connectivity index is 1.61.